The summed E-state index contributed by atoms with van der Waals surface area (Å²) in [5, 5.41) is 12.7. The number of carboxylic acid groups (broad SMARTS) is 1. The number of esters is 1. The van der Waals surface area contributed by atoms with E-state index in [0.29, 0.717) is 17.9 Å². The predicted octanol–water partition coefficient (Wildman–Crippen LogP) is 0.382. The molecule has 88 valence electrons. The zero-order chi connectivity index (χ0) is 12.1. The number of hydrogen-bond donors (Lipinski definition) is 1. The van der Waals surface area contributed by atoms with Gasteiger partial charge in [-0.15, -0.1) is 0 Å². The number of carbonyl (C=O) groups excluding carboxylic acids is 1. The summed E-state index contributed by atoms with van der Waals surface area (Å²) in [7, 11) is 0. The number of aliphatic carboxylic acids is 1. The van der Waals surface area contributed by atoms with E-state index in [2.05, 4.69) is 5.10 Å². The highest BCUT2D eigenvalue weighted by atomic mass is 16.5. The summed E-state index contributed by atoms with van der Waals surface area (Å²) in [6.07, 6.45) is 1.47. The fraction of sp³-hybridized carbons (Fsp3) is 0.500. The van der Waals surface area contributed by atoms with Crippen molar-refractivity contribution in [3.05, 3.63) is 17.5 Å². The number of aromatic nitrogens is 2. The van der Waals surface area contributed by atoms with Crippen LogP contribution in [0.5, 0.6) is 0 Å². The second-order valence-electron chi connectivity index (χ2n) is 3.31. The maximum atomic E-state index is 11.2. The molecule has 0 aliphatic heterocycles. The molecule has 0 bridgehead atoms. The Morgan fingerprint density at radius 1 is 1.56 bits per heavy atom. The third kappa shape index (κ3) is 3.38. The molecule has 0 unspecified atom stereocenters. The van der Waals surface area contributed by atoms with Crippen molar-refractivity contribution in [2.24, 2.45) is 0 Å². The van der Waals surface area contributed by atoms with E-state index < -0.39 is 5.97 Å². The van der Waals surface area contributed by atoms with Crippen LogP contribution in [0, 0.1) is 6.92 Å². The predicted molar refractivity (Wildman–Crippen MR) is 54.9 cm³/mol. The first-order valence-electron chi connectivity index (χ1n) is 4.93. The maximum absolute atomic E-state index is 11.2. The van der Waals surface area contributed by atoms with Gasteiger partial charge in [0.15, 0.2) is 0 Å². The molecule has 0 aromatic carbocycles. The molecular weight excluding hydrogens is 212 g/mol. The molecule has 0 saturated heterocycles. The molecule has 0 aliphatic rings. The lowest BCUT2D eigenvalue weighted by Crippen LogP contribution is -2.13. The lowest BCUT2D eigenvalue weighted by molar-refractivity contribution is -0.144. The van der Waals surface area contributed by atoms with Crippen LogP contribution in [0.25, 0.3) is 0 Å². The van der Waals surface area contributed by atoms with Crippen LogP contribution in [0.4, 0.5) is 0 Å². The minimum atomic E-state index is -0.918. The summed E-state index contributed by atoms with van der Waals surface area (Å²) >= 11 is 0. The lowest BCUT2D eigenvalue weighted by Gasteiger charge is -2.00. The van der Waals surface area contributed by atoms with Crippen LogP contribution in [-0.4, -0.2) is 33.4 Å². The molecule has 0 fully saturated rings. The number of ether oxygens (including phenoxy) is 1. The van der Waals surface area contributed by atoms with Crippen LogP contribution in [0.1, 0.15) is 18.2 Å². The van der Waals surface area contributed by atoms with Crippen molar-refractivity contribution in [2.75, 3.05) is 6.61 Å². The SMILES string of the molecule is CCOC(=O)Cn1cc(CC(=O)O)c(C)n1. The van der Waals surface area contributed by atoms with E-state index in [0.717, 1.165) is 0 Å². The molecule has 0 radical (unpaired) electrons. The first kappa shape index (κ1) is 12.2. The monoisotopic (exact) mass is 226 g/mol. The quantitative estimate of drug-likeness (QED) is 0.734. The molecule has 6 heteroatoms. The smallest absolute Gasteiger partial charge is 0.327 e. The second-order valence-corrected chi connectivity index (χ2v) is 3.31. The molecule has 0 aliphatic carbocycles. The average molecular weight is 226 g/mol. The van der Waals surface area contributed by atoms with E-state index >= 15 is 0 Å². The van der Waals surface area contributed by atoms with Crippen LogP contribution >= 0.6 is 0 Å². The van der Waals surface area contributed by atoms with Crippen LogP contribution in [0.3, 0.4) is 0 Å². The van der Waals surface area contributed by atoms with Gasteiger partial charge in [-0.3, -0.25) is 14.3 Å². The largest absolute Gasteiger partial charge is 0.481 e. The van der Waals surface area contributed by atoms with Gasteiger partial charge in [-0.2, -0.15) is 5.10 Å². The summed E-state index contributed by atoms with van der Waals surface area (Å²) in [5.41, 5.74) is 1.23. The molecule has 0 saturated carbocycles. The molecule has 0 amide bonds. The van der Waals surface area contributed by atoms with Crippen LogP contribution in [0.2, 0.25) is 0 Å². The minimum absolute atomic E-state index is 0.00823. The summed E-state index contributed by atoms with van der Waals surface area (Å²) in [6, 6.07) is 0. The van der Waals surface area contributed by atoms with Crippen molar-refractivity contribution in [1.82, 2.24) is 9.78 Å². The Labute approximate surface area is 92.8 Å². The summed E-state index contributed by atoms with van der Waals surface area (Å²) in [4.78, 5) is 21.7. The molecular formula is C10H14N2O4. The van der Waals surface area contributed by atoms with Gasteiger partial charge in [-0.25, -0.2) is 0 Å². The van der Waals surface area contributed by atoms with Gasteiger partial charge in [0, 0.05) is 11.8 Å². The van der Waals surface area contributed by atoms with E-state index in [9.17, 15) is 9.59 Å². The summed E-state index contributed by atoms with van der Waals surface area (Å²) in [5.74, 6) is -1.30. The van der Waals surface area contributed by atoms with E-state index in [1.54, 1.807) is 20.0 Å². The van der Waals surface area contributed by atoms with Gasteiger partial charge >= 0.3 is 11.9 Å². The van der Waals surface area contributed by atoms with Gasteiger partial charge in [0.2, 0.25) is 0 Å². The normalized spacial score (nSPS) is 10.1. The van der Waals surface area contributed by atoms with Gasteiger partial charge in [0.1, 0.15) is 6.54 Å². The van der Waals surface area contributed by atoms with Crippen LogP contribution < -0.4 is 0 Å². The Kier molecular flexibility index (Phi) is 4.04. The van der Waals surface area contributed by atoms with Gasteiger partial charge in [0.05, 0.1) is 18.7 Å². The minimum Gasteiger partial charge on any atom is -0.481 e. The first-order valence-corrected chi connectivity index (χ1v) is 4.93. The molecule has 1 aromatic rings. The lowest BCUT2D eigenvalue weighted by atomic mass is 10.2. The number of rotatable bonds is 5. The highest BCUT2D eigenvalue weighted by molar-refractivity contribution is 5.71. The highest BCUT2D eigenvalue weighted by Crippen LogP contribution is 2.06. The molecule has 6 nitrogen and oxygen atoms in total. The summed E-state index contributed by atoms with van der Waals surface area (Å²) in [6.45, 7) is 3.76. The fourth-order valence-corrected chi connectivity index (χ4v) is 1.32. The van der Waals surface area contributed by atoms with Gasteiger partial charge in [-0.05, 0) is 13.8 Å². The van der Waals surface area contributed by atoms with Crippen LogP contribution in [-0.2, 0) is 27.3 Å². The first-order chi connectivity index (χ1) is 7.52. The number of nitrogens with zero attached hydrogens (tertiary/aromatic N) is 2. The second kappa shape index (κ2) is 5.29. The fourth-order valence-electron chi connectivity index (χ4n) is 1.32. The van der Waals surface area contributed by atoms with E-state index in [1.807, 2.05) is 0 Å². The Morgan fingerprint density at radius 3 is 2.81 bits per heavy atom. The van der Waals surface area contributed by atoms with Crippen molar-refractivity contribution >= 4 is 11.9 Å². The molecule has 1 aromatic heterocycles. The zero-order valence-electron chi connectivity index (χ0n) is 9.27. The van der Waals surface area contributed by atoms with Crippen molar-refractivity contribution in [3.8, 4) is 0 Å². The van der Waals surface area contributed by atoms with Gasteiger partial charge in [0.25, 0.3) is 0 Å². The maximum Gasteiger partial charge on any atom is 0.327 e. The van der Waals surface area contributed by atoms with Gasteiger partial charge in [-0.1, -0.05) is 0 Å². The summed E-state index contributed by atoms with van der Waals surface area (Å²) < 4.78 is 6.15. The van der Waals surface area contributed by atoms with E-state index in [1.165, 1.54) is 4.68 Å². The molecule has 16 heavy (non-hydrogen) atoms. The van der Waals surface area contributed by atoms with Gasteiger partial charge < -0.3 is 9.84 Å². The van der Waals surface area contributed by atoms with Crippen molar-refractivity contribution in [2.45, 2.75) is 26.8 Å². The number of carbonyl (C=O) groups is 2. The van der Waals surface area contributed by atoms with Crippen molar-refractivity contribution in [1.29, 1.82) is 0 Å². The van der Waals surface area contributed by atoms with E-state index in [-0.39, 0.29) is 18.9 Å². The Morgan fingerprint density at radius 2 is 2.25 bits per heavy atom. The Bertz CT molecular complexity index is 398. The number of aryl methyl sites for hydroxylation is 1. The highest BCUT2D eigenvalue weighted by Gasteiger charge is 2.11. The van der Waals surface area contributed by atoms with Crippen LogP contribution in [0.15, 0.2) is 6.20 Å². The Hall–Kier alpha value is -1.85. The van der Waals surface area contributed by atoms with Crippen molar-refractivity contribution < 1.29 is 19.4 Å². The molecule has 0 atom stereocenters. The third-order valence-corrected chi connectivity index (χ3v) is 1.99. The molecule has 0 spiro atoms. The Balaban J connectivity index is 2.69. The molecule has 1 heterocycles. The topological polar surface area (TPSA) is 81.4 Å². The number of hydrogen-bond acceptors (Lipinski definition) is 4. The average Bonchev–Trinajstić information content (AvgIpc) is 2.45. The zero-order valence-corrected chi connectivity index (χ0v) is 9.27. The molecule has 1 rings (SSSR count). The van der Waals surface area contributed by atoms with Crippen molar-refractivity contribution in [3.63, 3.8) is 0 Å². The number of carboxylic acids is 1. The standard InChI is InChI=1S/C10H14N2O4/c1-3-16-10(15)6-12-5-8(4-9(13)14)7(2)11-12/h5H,3-4,6H2,1-2H3,(H,13,14). The van der Waals surface area contributed by atoms with E-state index in [4.69, 9.17) is 9.84 Å². The third-order valence-electron chi connectivity index (χ3n) is 1.99. The molecule has 1 N–H and O–H groups in total.